The maximum Gasteiger partial charge on any atom is 0.265 e. The van der Waals surface area contributed by atoms with E-state index in [9.17, 15) is 9.59 Å². The van der Waals surface area contributed by atoms with Gasteiger partial charge in [-0.05, 0) is 49.4 Å². The first kappa shape index (κ1) is 16.0. The maximum atomic E-state index is 12.1. The van der Waals surface area contributed by atoms with Crippen LogP contribution in [-0.2, 0) is 4.79 Å². The topological polar surface area (TPSA) is 81.4 Å². The van der Waals surface area contributed by atoms with Crippen molar-refractivity contribution >= 4 is 33.4 Å². The number of ether oxygens (including phenoxy) is 1. The van der Waals surface area contributed by atoms with Gasteiger partial charge in [-0.2, -0.15) is 0 Å². The van der Waals surface area contributed by atoms with Crippen molar-refractivity contribution in [2.24, 2.45) is 5.73 Å². The van der Waals surface area contributed by atoms with Crippen LogP contribution >= 0.6 is 15.9 Å². The Morgan fingerprint density at radius 2 is 1.86 bits per heavy atom. The van der Waals surface area contributed by atoms with Crippen molar-refractivity contribution in [1.82, 2.24) is 0 Å². The van der Waals surface area contributed by atoms with E-state index in [2.05, 4.69) is 21.2 Å². The molecule has 0 saturated carbocycles. The summed E-state index contributed by atoms with van der Waals surface area (Å²) in [6.07, 6.45) is -0.662. The quantitative estimate of drug-likeness (QED) is 0.857. The van der Waals surface area contributed by atoms with Gasteiger partial charge in [0.05, 0.1) is 0 Å². The van der Waals surface area contributed by atoms with Gasteiger partial charge in [0.1, 0.15) is 5.75 Å². The van der Waals surface area contributed by atoms with Gasteiger partial charge in [0.15, 0.2) is 6.10 Å². The summed E-state index contributed by atoms with van der Waals surface area (Å²) in [5, 5.41) is 2.71. The summed E-state index contributed by atoms with van der Waals surface area (Å²) >= 11 is 3.34. The largest absolute Gasteiger partial charge is 0.481 e. The molecule has 5 nitrogen and oxygen atoms in total. The number of rotatable bonds is 5. The standard InChI is InChI=1S/C16H15BrN2O3/c1-10(22-14-4-2-3-12(17)9-14)16(21)19-13-7-5-11(6-8-13)15(18)20/h2-10H,1H3,(H2,18,20)(H,19,21). The SMILES string of the molecule is CC(Oc1cccc(Br)c1)C(=O)Nc1ccc(C(N)=O)cc1. The van der Waals surface area contributed by atoms with Crippen LogP contribution in [0.1, 0.15) is 17.3 Å². The number of primary amides is 1. The van der Waals surface area contributed by atoms with Gasteiger partial charge >= 0.3 is 0 Å². The van der Waals surface area contributed by atoms with E-state index in [0.29, 0.717) is 17.0 Å². The Labute approximate surface area is 136 Å². The van der Waals surface area contributed by atoms with Crippen molar-refractivity contribution in [1.29, 1.82) is 0 Å². The molecule has 2 aromatic carbocycles. The fraction of sp³-hybridized carbons (Fsp3) is 0.125. The molecule has 1 atom stereocenters. The summed E-state index contributed by atoms with van der Waals surface area (Å²) in [5.41, 5.74) is 6.12. The number of hydrogen-bond acceptors (Lipinski definition) is 3. The number of halogens is 1. The molecule has 0 fully saturated rings. The van der Waals surface area contributed by atoms with E-state index in [-0.39, 0.29) is 5.91 Å². The van der Waals surface area contributed by atoms with Crippen LogP contribution in [0.5, 0.6) is 5.75 Å². The lowest BCUT2D eigenvalue weighted by molar-refractivity contribution is -0.122. The van der Waals surface area contributed by atoms with Gasteiger partial charge in [-0.3, -0.25) is 9.59 Å². The number of carbonyl (C=O) groups is 2. The molecular weight excluding hydrogens is 348 g/mol. The summed E-state index contributed by atoms with van der Waals surface area (Å²) < 4.78 is 6.45. The van der Waals surface area contributed by atoms with Crippen molar-refractivity contribution in [3.8, 4) is 5.75 Å². The first-order valence-electron chi connectivity index (χ1n) is 6.58. The smallest absolute Gasteiger partial charge is 0.265 e. The lowest BCUT2D eigenvalue weighted by Gasteiger charge is -2.15. The Bertz CT molecular complexity index is 686. The Morgan fingerprint density at radius 3 is 2.45 bits per heavy atom. The lowest BCUT2D eigenvalue weighted by Crippen LogP contribution is -2.30. The highest BCUT2D eigenvalue weighted by Gasteiger charge is 2.15. The van der Waals surface area contributed by atoms with E-state index in [1.807, 2.05) is 12.1 Å². The van der Waals surface area contributed by atoms with E-state index >= 15 is 0 Å². The molecule has 6 heteroatoms. The van der Waals surface area contributed by atoms with Crippen LogP contribution in [0, 0.1) is 0 Å². The molecule has 22 heavy (non-hydrogen) atoms. The zero-order valence-corrected chi connectivity index (χ0v) is 13.5. The van der Waals surface area contributed by atoms with Crippen LogP contribution in [-0.4, -0.2) is 17.9 Å². The minimum Gasteiger partial charge on any atom is -0.481 e. The first-order chi connectivity index (χ1) is 10.5. The molecule has 0 aliphatic rings. The molecule has 1 unspecified atom stereocenters. The highest BCUT2D eigenvalue weighted by molar-refractivity contribution is 9.10. The van der Waals surface area contributed by atoms with E-state index < -0.39 is 12.0 Å². The summed E-state index contributed by atoms with van der Waals surface area (Å²) in [6, 6.07) is 13.6. The summed E-state index contributed by atoms with van der Waals surface area (Å²) in [6.45, 7) is 1.66. The number of benzene rings is 2. The Morgan fingerprint density at radius 1 is 1.18 bits per heavy atom. The molecule has 2 rings (SSSR count). The van der Waals surface area contributed by atoms with Crippen LogP contribution in [0.15, 0.2) is 53.0 Å². The van der Waals surface area contributed by atoms with Gasteiger partial charge in [-0.15, -0.1) is 0 Å². The first-order valence-corrected chi connectivity index (χ1v) is 7.38. The van der Waals surface area contributed by atoms with E-state index in [0.717, 1.165) is 4.47 Å². The average molecular weight is 363 g/mol. The fourth-order valence-electron chi connectivity index (χ4n) is 1.76. The summed E-state index contributed by atoms with van der Waals surface area (Å²) in [5.74, 6) is -0.197. The zero-order chi connectivity index (χ0) is 16.1. The number of nitrogens with one attached hydrogen (secondary N) is 1. The van der Waals surface area contributed by atoms with Gasteiger partial charge in [-0.25, -0.2) is 0 Å². The van der Waals surface area contributed by atoms with Crippen molar-refractivity contribution in [2.45, 2.75) is 13.0 Å². The van der Waals surface area contributed by atoms with Crippen LogP contribution < -0.4 is 15.8 Å². The molecule has 114 valence electrons. The molecular formula is C16H15BrN2O3. The maximum absolute atomic E-state index is 12.1. The van der Waals surface area contributed by atoms with Crippen LogP contribution in [0.4, 0.5) is 5.69 Å². The Kier molecular flexibility index (Phi) is 5.16. The monoisotopic (exact) mass is 362 g/mol. The van der Waals surface area contributed by atoms with Crippen LogP contribution in [0.3, 0.4) is 0 Å². The normalized spacial score (nSPS) is 11.5. The molecule has 0 aliphatic heterocycles. The van der Waals surface area contributed by atoms with E-state index in [1.54, 1.807) is 43.3 Å². The summed E-state index contributed by atoms with van der Waals surface area (Å²) in [7, 11) is 0. The number of hydrogen-bond donors (Lipinski definition) is 2. The van der Waals surface area contributed by atoms with Crippen LogP contribution in [0.2, 0.25) is 0 Å². The van der Waals surface area contributed by atoms with Crippen molar-refractivity contribution < 1.29 is 14.3 Å². The van der Waals surface area contributed by atoms with Gasteiger partial charge < -0.3 is 15.8 Å². The minimum absolute atomic E-state index is 0.285. The third-order valence-electron chi connectivity index (χ3n) is 2.92. The highest BCUT2D eigenvalue weighted by atomic mass is 79.9. The average Bonchev–Trinajstić information content (AvgIpc) is 2.47. The predicted molar refractivity (Wildman–Crippen MR) is 87.8 cm³/mol. The number of carbonyl (C=O) groups excluding carboxylic acids is 2. The molecule has 0 aromatic heterocycles. The molecule has 2 amide bonds. The molecule has 0 heterocycles. The van der Waals surface area contributed by atoms with E-state index in [4.69, 9.17) is 10.5 Å². The number of anilines is 1. The second-order valence-electron chi connectivity index (χ2n) is 4.65. The van der Waals surface area contributed by atoms with Crippen molar-refractivity contribution in [2.75, 3.05) is 5.32 Å². The molecule has 2 aromatic rings. The molecule has 0 bridgehead atoms. The van der Waals surface area contributed by atoms with Crippen molar-refractivity contribution in [3.05, 3.63) is 58.6 Å². The minimum atomic E-state index is -0.662. The second-order valence-corrected chi connectivity index (χ2v) is 5.56. The highest BCUT2D eigenvalue weighted by Crippen LogP contribution is 2.19. The predicted octanol–water partition coefficient (Wildman–Crippen LogP) is 2.95. The van der Waals surface area contributed by atoms with E-state index in [1.165, 1.54) is 0 Å². The molecule has 3 N–H and O–H groups in total. The molecule has 0 radical (unpaired) electrons. The van der Waals surface area contributed by atoms with Gasteiger partial charge in [-0.1, -0.05) is 22.0 Å². The molecule has 0 spiro atoms. The third kappa shape index (κ3) is 4.33. The zero-order valence-electron chi connectivity index (χ0n) is 11.9. The van der Waals surface area contributed by atoms with Gasteiger partial charge in [0.25, 0.3) is 5.91 Å². The third-order valence-corrected chi connectivity index (χ3v) is 3.41. The number of amides is 2. The Balaban J connectivity index is 1.97. The Hall–Kier alpha value is -2.34. The van der Waals surface area contributed by atoms with Crippen LogP contribution in [0.25, 0.3) is 0 Å². The van der Waals surface area contributed by atoms with Crippen molar-refractivity contribution in [3.63, 3.8) is 0 Å². The fourth-order valence-corrected chi connectivity index (χ4v) is 2.14. The molecule has 0 aliphatic carbocycles. The lowest BCUT2D eigenvalue weighted by atomic mass is 10.2. The number of nitrogens with two attached hydrogens (primary N) is 1. The summed E-state index contributed by atoms with van der Waals surface area (Å²) in [4.78, 5) is 23.1. The molecule has 0 saturated heterocycles. The van der Waals surface area contributed by atoms with Gasteiger partial charge in [0.2, 0.25) is 5.91 Å². The van der Waals surface area contributed by atoms with Gasteiger partial charge in [0, 0.05) is 15.7 Å². The second kappa shape index (κ2) is 7.09.